The first kappa shape index (κ1) is 15.2. The second kappa shape index (κ2) is 6.62. The molecule has 2 aliphatic heterocycles. The second-order valence-corrected chi connectivity index (χ2v) is 6.75. The highest BCUT2D eigenvalue weighted by molar-refractivity contribution is 7.10. The summed E-state index contributed by atoms with van der Waals surface area (Å²) in [6.07, 6.45) is 3.47. The first-order valence-electron chi connectivity index (χ1n) is 7.49. The molecule has 0 aliphatic carbocycles. The third kappa shape index (κ3) is 3.08. The van der Waals surface area contributed by atoms with Crippen LogP contribution in [0, 0.1) is 17.8 Å². The van der Waals surface area contributed by atoms with E-state index in [0.29, 0.717) is 26.3 Å². The highest BCUT2D eigenvalue weighted by Gasteiger charge is 2.44. The van der Waals surface area contributed by atoms with Crippen LogP contribution >= 0.6 is 11.3 Å². The SMILES string of the molecule is CNC(=O)[C@@H]1COC[C@H]2CN(C(=O)/C=C/c3cccs3)C[C@H]21. The molecule has 5 nitrogen and oxygen atoms in total. The summed E-state index contributed by atoms with van der Waals surface area (Å²) in [6, 6.07) is 3.94. The van der Waals surface area contributed by atoms with Crippen molar-refractivity contribution in [1.29, 1.82) is 0 Å². The number of hydrogen-bond donors (Lipinski definition) is 1. The summed E-state index contributed by atoms with van der Waals surface area (Å²) in [5, 5.41) is 4.69. The first-order valence-corrected chi connectivity index (χ1v) is 8.37. The van der Waals surface area contributed by atoms with Crippen molar-refractivity contribution in [2.24, 2.45) is 17.8 Å². The number of carbonyl (C=O) groups is 2. The van der Waals surface area contributed by atoms with Crippen LogP contribution in [-0.4, -0.2) is 50.1 Å². The summed E-state index contributed by atoms with van der Waals surface area (Å²) >= 11 is 1.60. The zero-order valence-corrected chi connectivity index (χ0v) is 13.3. The summed E-state index contributed by atoms with van der Waals surface area (Å²) in [6.45, 7) is 2.40. The van der Waals surface area contributed by atoms with Crippen molar-refractivity contribution < 1.29 is 14.3 Å². The van der Waals surface area contributed by atoms with Gasteiger partial charge >= 0.3 is 0 Å². The summed E-state index contributed by atoms with van der Waals surface area (Å²) in [5.74, 6) is 0.335. The number of ether oxygens (including phenoxy) is 1. The van der Waals surface area contributed by atoms with Crippen LogP contribution in [-0.2, 0) is 14.3 Å². The van der Waals surface area contributed by atoms with Crippen LogP contribution < -0.4 is 5.32 Å². The summed E-state index contributed by atoms with van der Waals surface area (Å²) in [7, 11) is 1.65. The van der Waals surface area contributed by atoms with Gasteiger partial charge < -0.3 is 15.0 Å². The lowest BCUT2D eigenvalue weighted by Gasteiger charge is -2.31. The minimum atomic E-state index is -0.150. The molecule has 118 valence electrons. The van der Waals surface area contributed by atoms with Gasteiger partial charge in [-0.25, -0.2) is 0 Å². The smallest absolute Gasteiger partial charge is 0.246 e. The molecular formula is C16H20N2O3S. The number of carbonyl (C=O) groups excluding carboxylic acids is 2. The highest BCUT2D eigenvalue weighted by Crippen LogP contribution is 2.34. The maximum absolute atomic E-state index is 12.3. The van der Waals surface area contributed by atoms with Crippen LogP contribution in [0.3, 0.4) is 0 Å². The molecule has 3 heterocycles. The molecule has 3 rings (SSSR count). The molecule has 2 fully saturated rings. The molecule has 2 aliphatic rings. The van der Waals surface area contributed by atoms with Crippen LogP contribution in [0.25, 0.3) is 6.08 Å². The average molecular weight is 320 g/mol. The van der Waals surface area contributed by atoms with Crippen molar-refractivity contribution in [3.05, 3.63) is 28.5 Å². The number of hydrogen-bond acceptors (Lipinski definition) is 4. The van der Waals surface area contributed by atoms with Crippen LogP contribution in [0.1, 0.15) is 4.88 Å². The Morgan fingerprint density at radius 1 is 1.41 bits per heavy atom. The average Bonchev–Trinajstić information content (AvgIpc) is 3.20. The van der Waals surface area contributed by atoms with E-state index in [2.05, 4.69) is 5.32 Å². The van der Waals surface area contributed by atoms with E-state index in [1.165, 1.54) is 0 Å². The van der Waals surface area contributed by atoms with Gasteiger partial charge in [-0.15, -0.1) is 11.3 Å². The third-order valence-corrected chi connectivity index (χ3v) is 5.30. The Balaban J connectivity index is 1.65. The lowest BCUT2D eigenvalue weighted by molar-refractivity contribution is -0.133. The maximum Gasteiger partial charge on any atom is 0.246 e. The van der Waals surface area contributed by atoms with Crippen molar-refractivity contribution in [3.8, 4) is 0 Å². The van der Waals surface area contributed by atoms with Crippen molar-refractivity contribution in [2.45, 2.75) is 0 Å². The quantitative estimate of drug-likeness (QED) is 0.852. The molecule has 2 amide bonds. The van der Waals surface area contributed by atoms with E-state index in [9.17, 15) is 9.59 Å². The van der Waals surface area contributed by atoms with Gasteiger partial charge in [-0.05, 0) is 23.4 Å². The van der Waals surface area contributed by atoms with E-state index in [4.69, 9.17) is 4.74 Å². The van der Waals surface area contributed by atoms with Gasteiger partial charge in [-0.3, -0.25) is 9.59 Å². The summed E-state index contributed by atoms with van der Waals surface area (Å²) in [4.78, 5) is 27.2. The Kier molecular flexibility index (Phi) is 4.59. The van der Waals surface area contributed by atoms with Crippen molar-refractivity contribution in [1.82, 2.24) is 10.2 Å². The number of thiophene rings is 1. The highest BCUT2D eigenvalue weighted by atomic mass is 32.1. The predicted octanol–water partition coefficient (Wildman–Crippen LogP) is 1.23. The van der Waals surface area contributed by atoms with Crippen LogP contribution in [0.5, 0.6) is 0 Å². The fourth-order valence-electron chi connectivity index (χ4n) is 3.28. The van der Waals surface area contributed by atoms with Gasteiger partial charge in [0.15, 0.2) is 0 Å². The van der Waals surface area contributed by atoms with Crippen molar-refractivity contribution in [3.63, 3.8) is 0 Å². The zero-order valence-electron chi connectivity index (χ0n) is 12.5. The minimum Gasteiger partial charge on any atom is -0.380 e. The predicted molar refractivity (Wildman–Crippen MR) is 85.3 cm³/mol. The normalized spacial score (nSPS) is 27.9. The molecule has 0 radical (unpaired) electrons. The maximum atomic E-state index is 12.3. The number of likely N-dealkylation sites (tertiary alicyclic amines) is 1. The van der Waals surface area contributed by atoms with Crippen LogP contribution in [0.15, 0.2) is 23.6 Å². The molecule has 2 saturated heterocycles. The first-order chi connectivity index (χ1) is 10.7. The van der Waals surface area contributed by atoms with Crippen molar-refractivity contribution >= 4 is 29.2 Å². The summed E-state index contributed by atoms with van der Waals surface area (Å²) < 4.78 is 5.55. The molecule has 0 unspecified atom stereocenters. The van der Waals surface area contributed by atoms with Gasteiger partial charge in [-0.2, -0.15) is 0 Å². The lowest BCUT2D eigenvalue weighted by atomic mass is 9.82. The van der Waals surface area contributed by atoms with Crippen LogP contribution in [0.2, 0.25) is 0 Å². The van der Waals surface area contributed by atoms with Gasteiger partial charge in [0.1, 0.15) is 0 Å². The van der Waals surface area contributed by atoms with E-state index in [-0.39, 0.29) is 29.6 Å². The molecule has 1 aromatic rings. The fourth-order valence-corrected chi connectivity index (χ4v) is 3.90. The van der Waals surface area contributed by atoms with E-state index < -0.39 is 0 Å². The number of rotatable bonds is 3. The van der Waals surface area contributed by atoms with Gasteiger partial charge in [0.2, 0.25) is 11.8 Å². The second-order valence-electron chi connectivity index (χ2n) is 5.77. The Labute approximate surface area is 133 Å². The molecule has 0 spiro atoms. The number of nitrogens with zero attached hydrogens (tertiary/aromatic N) is 1. The fraction of sp³-hybridized carbons (Fsp3) is 0.500. The molecule has 0 saturated carbocycles. The summed E-state index contributed by atoms with van der Waals surface area (Å²) in [5.41, 5.74) is 0. The molecular weight excluding hydrogens is 300 g/mol. The monoisotopic (exact) mass is 320 g/mol. The van der Waals surface area contributed by atoms with E-state index >= 15 is 0 Å². The molecule has 1 N–H and O–H groups in total. The van der Waals surface area contributed by atoms with Gasteiger partial charge in [-0.1, -0.05) is 6.07 Å². The third-order valence-electron chi connectivity index (χ3n) is 4.47. The standard InChI is InChI=1S/C16H20N2O3S/c1-17-16(20)14-10-21-9-11-7-18(8-13(11)14)15(19)5-4-12-3-2-6-22-12/h2-6,11,13-14H,7-10H2,1H3,(H,17,20)/b5-4+/t11-,13-,14-/m1/s1. The number of amides is 2. The van der Waals surface area contributed by atoms with E-state index in [0.717, 1.165) is 4.88 Å². The number of fused-ring (bicyclic) bond motifs is 1. The van der Waals surface area contributed by atoms with Crippen molar-refractivity contribution in [2.75, 3.05) is 33.4 Å². The van der Waals surface area contributed by atoms with E-state index in [1.807, 2.05) is 28.5 Å². The van der Waals surface area contributed by atoms with Crippen LogP contribution in [0.4, 0.5) is 0 Å². The van der Waals surface area contributed by atoms with Gasteiger partial charge in [0.25, 0.3) is 0 Å². The van der Waals surface area contributed by atoms with Gasteiger partial charge in [0, 0.05) is 37.0 Å². The zero-order chi connectivity index (χ0) is 15.5. The van der Waals surface area contributed by atoms with E-state index in [1.54, 1.807) is 24.5 Å². The van der Waals surface area contributed by atoms with Gasteiger partial charge in [0.05, 0.1) is 19.1 Å². The Bertz CT molecular complexity index is 570. The lowest BCUT2D eigenvalue weighted by Crippen LogP contribution is -2.43. The Morgan fingerprint density at radius 2 is 2.27 bits per heavy atom. The molecule has 0 bridgehead atoms. The molecule has 22 heavy (non-hydrogen) atoms. The topological polar surface area (TPSA) is 58.6 Å². The molecule has 0 aromatic carbocycles. The Morgan fingerprint density at radius 3 is 3.00 bits per heavy atom. The largest absolute Gasteiger partial charge is 0.380 e. The molecule has 1 aromatic heterocycles. The molecule has 6 heteroatoms. The minimum absolute atomic E-state index is 0.0122. The molecule has 3 atom stereocenters. The Hall–Kier alpha value is -1.66. The number of nitrogens with one attached hydrogen (secondary N) is 1.